The zero-order valence-electron chi connectivity index (χ0n) is 8.61. The van der Waals surface area contributed by atoms with Gasteiger partial charge in [0.05, 0.1) is 11.3 Å². The molecule has 82 valence electrons. The van der Waals surface area contributed by atoms with E-state index in [0.29, 0.717) is 11.3 Å². The summed E-state index contributed by atoms with van der Waals surface area (Å²) in [5.74, 6) is 2.92. The van der Waals surface area contributed by atoms with Gasteiger partial charge in [-0.05, 0) is 38.0 Å². The predicted molar refractivity (Wildman–Crippen MR) is 58.7 cm³/mol. The van der Waals surface area contributed by atoms with Gasteiger partial charge in [-0.3, -0.25) is 0 Å². The molecule has 1 aromatic rings. The molecule has 2 aliphatic rings. The van der Waals surface area contributed by atoms with Crippen LogP contribution in [0.5, 0.6) is 0 Å². The zero-order chi connectivity index (χ0) is 10.1. The normalized spacial score (nSPS) is 31.2. The summed E-state index contributed by atoms with van der Waals surface area (Å²) < 4.78 is 5.32. The Hall–Kier alpha value is -0.550. The molecule has 0 spiro atoms. The minimum atomic E-state index is 0.303. The maximum Gasteiger partial charge on any atom is 0.243 e. The van der Waals surface area contributed by atoms with Gasteiger partial charge in [0.1, 0.15) is 0 Å². The molecule has 3 rings (SSSR count). The standard InChI is InChI=1S/C10H15N3OS/c1-3-7(11-5-1)10-12-9(13-14-10)8-4-2-6-15-8/h7-8,11H,1-6H2/t7-,8?/m1/s1. The average Bonchev–Trinajstić information content (AvgIpc) is 3.02. The van der Waals surface area contributed by atoms with Crippen molar-refractivity contribution < 1.29 is 4.52 Å². The van der Waals surface area contributed by atoms with Crippen molar-refractivity contribution >= 4 is 11.8 Å². The third kappa shape index (κ3) is 1.90. The molecule has 2 saturated heterocycles. The van der Waals surface area contributed by atoms with Crippen LogP contribution in [0.3, 0.4) is 0 Å². The van der Waals surface area contributed by atoms with Crippen molar-refractivity contribution in [3.63, 3.8) is 0 Å². The van der Waals surface area contributed by atoms with Crippen molar-refractivity contribution in [1.82, 2.24) is 15.5 Å². The molecule has 2 fully saturated rings. The van der Waals surface area contributed by atoms with Crippen LogP contribution in [-0.2, 0) is 0 Å². The highest BCUT2D eigenvalue weighted by molar-refractivity contribution is 7.99. The molecule has 0 bridgehead atoms. The van der Waals surface area contributed by atoms with Gasteiger partial charge in [-0.2, -0.15) is 16.7 Å². The third-order valence-corrected chi connectivity index (χ3v) is 4.41. The first kappa shape index (κ1) is 9.66. The summed E-state index contributed by atoms with van der Waals surface area (Å²) in [6.45, 7) is 1.07. The van der Waals surface area contributed by atoms with Crippen molar-refractivity contribution in [2.75, 3.05) is 12.3 Å². The molecule has 4 nitrogen and oxygen atoms in total. The Morgan fingerprint density at radius 1 is 1.33 bits per heavy atom. The van der Waals surface area contributed by atoms with Crippen LogP contribution in [0.15, 0.2) is 4.52 Å². The summed E-state index contributed by atoms with van der Waals surface area (Å²) in [6, 6.07) is 0.303. The molecule has 1 aromatic heterocycles. The van der Waals surface area contributed by atoms with E-state index in [1.54, 1.807) is 0 Å². The lowest BCUT2D eigenvalue weighted by molar-refractivity contribution is 0.341. The van der Waals surface area contributed by atoms with E-state index in [1.807, 2.05) is 11.8 Å². The van der Waals surface area contributed by atoms with Crippen LogP contribution < -0.4 is 5.32 Å². The first-order chi connectivity index (χ1) is 7.43. The fourth-order valence-electron chi connectivity index (χ4n) is 2.20. The predicted octanol–water partition coefficient (Wildman–Crippen LogP) is 2.06. The lowest BCUT2D eigenvalue weighted by atomic mass is 10.2. The van der Waals surface area contributed by atoms with Crippen molar-refractivity contribution in [1.29, 1.82) is 0 Å². The van der Waals surface area contributed by atoms with Gasteiger partial charge in [-0.1, -0.05) is 5.16 Å². The van der Waals surface area contributed by atoms with Crippen LogP contribution in [0.25, 0.3) is 0 Å². The molecular formula is C10H15N3OS. The first-order valence-electron chi connectivity index (χ1n) is 5.62. The van der Waals surface area contributed by atoms with Gasteiger partial charge in [0, 0.05) is 0 Å². The van der Waals surface area contributed by atoms with Crippen LogP contribution in [0.4, 0.5) is 0 Å². The lowest BCUT2D eigenvalue weighted by Crippen LogP contribution is -2.13. The van der Waals surface area contributed by atoms with E-state index in [0.717, 1.165) is 24.7 Å². The number of thioether (sulfide) groups is 1. The van der Waals surface area contributed by atoms with Gasteiger partial charge in [-0.15, -0.1) is 0 Å². The Kier molecular flexibility index (Phi) is 2.66. The van der Waals surface area contributed by atoms with Crippen molar-refractivity contribution in [3.05, 3.63) is 11.7 Å². The Morgan fingerprint density at radius 3 is 3.07 bits per heavy atom. The van der Waals surface area contributed by atoms with Crippen LogP contribution in [-0.4, -0.2) is 22.4 Å². The molecule has 0 aromatic carbocycles. The molecule has 2 atom stereocenters. The summed E-state index contributed by atoms with van der Waals surface area (Å²) in [5, 5.41) is 7.95. The topological polar surface area (TPSA) is 51.0 Å². The maximum absolute atomic E-state index is 5.32. The summed E-state index contributed by atoms with van der Waals surface area (Å²) in [4.78, 5) is 4.51. The molecule has 1 N–H and O–H groups in total. The molecule has 15 heavy (non-hydrogen) atoms. The number of rotatable bonds is 2. The molecule has 0 aliphatic carbocycles. The Bertz CT molecular complexity index is 299. The maximum atomic E-state index is 5.32. The van der Waals surface area contributed by atoms with Crippen molar-refractivity contribution in [3.8, 4) is 0 Å². The first-order valence-corrected chi connectivity index (χ1v) is 6.67. The SMILES string of the molecule is C1CSC(c2noc([C@H]3CCCN3)n2)C1. The quantitative estimate of drug-likeness (QED) is 0.835. The summed E-state index contributed by atoms with van der Waals surface area (Å²) in [5.41, 5.74) is 0. The van der Waals surface area contributed by atoms with Crippen LogP contribution in [0.2, 0.25) is 0 Å². The Balaban J connectivity index is 1.74. The Morgan fingerprint density at radius 2 is 2.33 bits per heavy atom. The van der Waals surface area contributed by atoms with E-state index in [9.17, 15) is 0 Å². The average molecular weight is 225 g/mol. The highest BCUT2D eigenvalue weighted by atomic mass is 32.2. The van der Waals surface area contributed by atoms with Gasteiger partial charge in [0.15, 0.2) is 5.82 Å². The molecular weight excluding hydrogens is 210 g/mol. The third-order valence-electron chi connectivity index (χ3n) is 3.03. The number of nitrogens with one attached hydrogen (secondary N) is 1. The Labute approximate surface area is 93.2 Å². The second-order valence-corrected chi connectivity index (χ2v) is 5.45. The van der Waals surface area contributed by atoms with Crippen LogP contribution in [0, 0.1) is 0 Å². The van der Waals surface area contributed by atoms with E-state index in [4.69, 9.17) is 4.52 Å². The molecule has 0 saturated carbocycles. The van der Waals surface area contributed by atoms with E-state index < -0.39 is 0 Å². The van der Waals surface area contributed by atoms with Gasteiger partial charge >= 0.3 is 0 Å². The smallest absolute Gasteiger partial charge is 0.243 e. The number of nitrogens with zero attached hydrogens (tertiary/aromatic N) is 2. The fourth-order valence-corrected chi connectivity index (χ4v) is 3.39. The summed E-state index contributed by atoms with van der Waals surface area (Å²) in [7, 11) is 0. The lowest BCUT2D eigenvalue weighted by Gasteiger charge is -2.02. The fraction of sp³-hybridized carbons (Fsp3) is 0.800. The minimum Gasteiger partial charge on any atom is -0.338 e. The van der Waals surface area contributed by atoms with E-state index in [-0.39, 0.29) is 0 Å². The largest absolute Gasteiger partial charge is 0.338 e. The second kappa shape index (κ2) is 4.14. The van der Waals surface area contributed by atoms with Crippen molar-refractivity contribution in [2.45, 2.75) is 37.0 Å². The molecule has 5 heteroatoms. The molecule has 2 aliphatic heterocycles. The van der Waals surface area contributed by atoms with Crippen LogP contribution in [0.1, 0.15) is 48.7 Å². The molecule has 3 heterocycles. The molecule has 1 unspecified atom stereocenters. The molecule has 0 radical (unpaired) electrons. The van der Waals surface area contributed by atoms with Crippen LogP contribution >= 0.6 is 11.8 Å². The number of aromatic nitrogens is 2. The van der Waals surface area contributed by atoms with Gasteiger partial charge in [0.25, 0.3) is 0 Å². The van der Waals surface area contributed by atoms with Gasteiger partial charge < -0.3 is 9.84 Å². The zero-order valence-corrected chi connectivity index (χ0v) is 9.42. The van der Waals surface area contributed by atoms with E-state index >= 15 is 0 Å². The highest BCUT2D eigenvalue weighted by Crippen LogP contribution is 2.38. The van der Waals surface area contributed by atoms with Gasteiger partial charge in [-0.25, -0.2) is 0 Å². The van der Waals surface area contributed by atoms with E-state index in [2.05, 4.69) is 15.5 Å². The number of hydrogen-bond acceptors (Lipinski definition) is 5. The van der Waals surface area contributed by atoms with Gasteiger partial charge in [0.2, 0.25) is 5.89 Å². The second-order valence-electron chi connectivity index (χ2n) is 4.14. The highest BCUT2D eigenvalue weighted by Gasteiger charge is 2.26. The summed E-state index contributed by atoms with van der Waals surface area (Å²) >= 11 is 1.95. The summed E-state index contributed by atoms with van der Waals surface area (Å²) in [6.07, 6.45) is 4.81. The number of hydrogen-bond donors (Lipinski definition) is 1. The molecule has 0 amide bonds. The van der Waals surface area contributed by atoms with Crippen molar-refractivity contribution in [2.24, 2.45) is 0 Å². The monoisotopic (exact) mass is 225 g/mol. The minimum absolute atomic E-state index is 0.303. The van der Waals surface area contributed by atoms with E-state index in [1.165, 1.54) is 25.0 Å².